The van der Waals surface area contributed by atoms with Gasteiger partial charge in [0.05, 0.1) is 5.25 Å². The first-order chi connectivity index (χ1) is 7.70. The molecule has 2 nitrogen and oxygen atoms in total. The van der Waals surface area contributed by atoms with Crippen LogP contribution in [-0.4, -0.2) is 21.8 Å². The maximum Gasteiger partial charge on any atom is 0.128 e. The lowest BCUT2D eigenvalue weighted by molar-refractivity contribution is 0.501. The molecule has 0 amide bonds. The highest BCUT2D eigenvalue weighted by molar-refractivity contribution is 7.85. The molecular formula is C12H16FNOS. The Balaban J connectivity index is 2.31. The van der Waals surface area contributed by atoms with Crippen molar-refractivity contribution in [3.63, 3.8) is 0 Å². The second kappa shape index (κ2) is 5.06. The maximum absolute atomic E-state index is 13.7. The normalized spacial score (nSPS) is 31.0. The summed E-state index contributed by atoms with van der Waals surface area (Å²) in [7, 11) is -0.870. The van der Waals surface area contributed by atoms with Crippen LogP contribution in [0.1, 0.15) is 24.9 Å². The molecule has 3 atom stereocenters. The predicted molar refractivity (Wildman–Crippen MR) is 64.2 cm³/mol. The molecule has 1 heterocycles. The molecule has 0 radical (unpaired) electrons. The molecular weight excluding hydrogens is 225 g/mol. The van der Waals surface area contributed by atoms with Gasteiger partial charge in [0.15, 0.2) is 0 Å². The minimum atomic E-state index is -0.870. The van der Waals surface area contributed by atoms with Crippen LogP contribution in [0.15, 0.2) is 24.3 Å². The molecule has 0 saturated carbocycles. The van der Waals surface area contributed by atoms with E-state index in [0.717, 1.165) is 13.0 Å². The molecule has 1 fully saturated rings. The Kier molecular flexibility index (Phi) is 3.71. The Hall–Kier alpha value is -0.740. The summed E-state index contributed by atoms with van der Waals surface area (Å²) >= 11 is 0. The van der Waals surface area contributed by atoms with Crippen LogP contribution in [0.4, 0.5) is 4.39 Å². The van der Waals surface area contributed by atoms with Crippen molar-refractivity contribution in [2.45, 2.75) is 24.6 Å². The van der Waals surface area contributed by atoms with E-state index in [1.54, 1.807) is 12.1 Å². The average molecular weight is 241 g/mol. The fourth-order valence-electron chi connectivity index (χ4n) is 2.07. The van der Waals surface area contributed by atoms with Gasteiger partial charge in [0.1, 0.15) is 5.82 Å². The van der Waals surface area contributed by atoms with E-state index in [2.05, 4.69) is 5.32 Å². The second-order valence-electron chi connectivity index (χ2n) is 4.10. The summed E-state index contributed by atoms with van der Waals surface area (Å²) in [5.41, 5.74) is 0.630. The topological polar surface area (TPSA) is 29.1 Å². The van der Waals surface area contributed by atoms with Gasteiger partial charge in [-0.3, -0.25) is 4.21 Å². The molecule has 1 aliphatic rings. The summed E-state index contributed by atoms with van der Waals surface area (Å²) in [5.74, 6) is 0.491. The molecule has 0 bridgehead atoms. The second-order valence-corrected chi connectivity index (χ2v) is 6.01. The van der Waals surface area contributed by atoms with E-state index in [9.17, 15) is 8.60 Å². The summed E-state index contributed by atoms with van der Waals surface area (Å²) in [6.45, 7) is 2.72. The van der Waals surface area contributed by atoms with Gasteiger partial charge in [-0.2, -0.15) is 0 Å². The molecule has 1 aromatic rings. The minimum absolute atomic E-state index is 0.0422. The minimum Gasteiger partial charge on any atom is -0.309 e. The van der Waals surface area contributed by atoms with Crippen molar-refractivity contribution >= 4 is 10.8 Å². The maximum atomic E-state index is 13.7. The first kappa shape index (κ1) is 11.7. The third-order valence-corrected chi connectivity index (χ3v) is 4.80. The van der Waals surface area contributed by atoms with Crippen molar-refractivity contribution in [1.29, 1.82) is 0 Å². The standard InChI is InChI=1S/C12H16FNOS/c1-9-12(14-7-4-8-16(9)15)10-5-2-3-6-11(10)13/h2-3,5-6,9,12,14H,4,7-8H2,1H3. The van der Waals surface area contributed by atoms with E-state index < -0.39 is 10.8 Å². The van der Waals surface area contributed by atoms with Crippen molar-refractivity contribution in [2.24, 2.45) is 0 Å². The Morgan fingerprint density at radius 1 is 1.44 bits per heavy atom. The zero-order valence-electron chi connectivity index (χ0n) is 9.28. The Morgan fingerprint density at radius 2 is 2.19 bits per heavy atom. The van der Waals surface area contributed by atoms with Gasteiger partial charge in [0.2, 0.25) is 0 Å². The molecule has 1 aromatic carbocycles. The molecule has 1 aliphatic heterocycles. The van der Waals surface area contributed by atoms with Crippen LogP contribution in [0.25, 0.3) is 0 Å². The van der Waals surface area contributed by atoms with Gasteiger partial charge in [-0.15, -0.1) is 0 Å². The van der Waals surface area contributed by atoms with Crippen LogP contribution in [0.5, 0.6) is 0 Å². The fraction of sp³-hybridized carbons (Fsp3) is 0.500. The van der Waals surface area contributed by atoms with Gasteiger partial charge in [-0.25, -0.2) is 4.39 Å². The van der Waals surface area contributed by atoms with Gasteiger partial charge in [-0.05, 0) is 26.0 Å². The van der Waals surface area contributed by atoms with E-state index in [1.807, 2.05) is 13.0 Å². The summed E-state index contributed by atoms with van der Waals surface area (Å²) in [5, 5.41) is 3.24. The summed E-state index contributed by atoms with van der Waals surface area (Å²) in [6.07, 6.45) is 0.891. The predicted octanol–water partition coefficient (Wildman–Crippen LogP) is 2.00. The van der Waals surface area contributed by atoms with Gasteiger partial charge in [-0.1, -0.05) is 18.2 Å². The number of halogens is 1. The Labute approximate surface area is 97.7 Å². The molecule has 2 rings (SSSR count). The van der Waals surface area contributed by atoms with Crippen molar-refractivity contribution in [3.8, 4) is 0 Å². The van der Waals surface area contributed by atoms with Crippen molar-refractivity contribution in [1.82, 2.24) is 5.32 Å². The molecule has 16 heavy (non-hydrogen) atoms. The fourth-order valence-corrected chi connectivity index (χ4v) is 3.41. The number of rotatable bonds is 1. The molecule has 1 saturated heterocycles. The third kappa shape index (κ3) is 2.33. The van der Waals surface area contributed by atoms with Gasteiger partial charge < -0.3 is 5.32 Å². The van der Waals surface area contributed by atoms with E-state index in [1.165, 1.54) is 6.07 Å². The number of hydrogen-bond donors (Lipinski definition) is 1. The summed E-state index contributed by atoms with van der Waals surface area (Å²) < 4.78 is 25.5. The number of nitrogens with one attached hydrogen (secondary N) is 1. The van der Waals surface area contributed by atoms with E-state index >= 15 is 0 Å². The lowest BCUT2D eigenvalue weighted by atomic mass is 10.0. The van der Waals surface area contributed by atoms with Crippen LogP contribution >= 0.6 is 0 Å². The van der Waals surface area contributed by atoms with Crippen LogP contribution < -0.4 is 5.32 Å². The molecule has 3 unspecified atom stereocenters. The first-order valence-corrected chi connectivity index (χ1v) is 6.93. The number of hydrogen-bond acceptors (Lipinski definition) is 2. The highest BCUT2D eigenvalue weighted by Gasteiger charge is 2.27. The van der Waals surface area contributed by atoms with Crippen molar-refractivity contribution < 1.29 is 8.60 Å². The summed E-state index contributed by atoms with van der Waals surface area (Å²) in [6, 6.07) is 6.59. The molecule has 88 valence electrons. The molecule has 0 aliphatic carbocycles. The lowest BCUT2D eigenvalue weighted by Gasteiger charge is -2.22. The van der Waals surface area contributed by atoms with Crippen LogP contribution in [0, 0.1) is 5.82 Å². The summed E-state index contributed by atoms with van der Waals surface area (Å²) in [4.78, 5) is 0. The van der Waals surface area contributed by atoms with Crippen molar-refractivity contribution in [2.75, 3.05) is 12.3 Å². The highest BCUT2D eigenvalue weighted by Crippen LogP contribution is 2.25. The quantitative estimate of drug-likeness (QED) is 0.814. The zero-order chi connectivity index (χ0) is 11.5. The van der Waals surface area contributed by atoms with Crippen LogP contribution in [-0.2, 0) is 10.8 Å². The zero-order valence-corrected chi connectivity index (χ0v) is 10.1. The highest BCUT2D eigenvalue weighted by atomic mass is 32.2. The van der Waals surface area contributed by atoms with Gasteiger partial charge in [0, 0.05) is 28.2 Å². The number of benzene rings is 1. The lowest BCUT2D eigenvalue weighted by Crippen LogP contribution is -2.31. The molecule has 0 aromatic heterocycles. The van der Waals surface area contributed by atoms with E-state index in [-0.39, 0.29) is 17.1 Å². The van der Waals surface area contributed by atoms with Gasteiger partial charge >= 0.3 is 0 Å². The largest absolute Gasteiger partial charge is 0.309 e. The van der Waals surface area contributed by atoms with Crippen LogP contribution in [0.3, 0.4) is 0 Å². The molecule has 4 heteroatoms. The monoisotopic (exact) mass is 241 g/mol. The van der Waals surface area contributed by atoms with Crippen LogP contribution in [0.2, 0.25) is 0 Å². The third-order valence-electron chi connectivity index (χ3n) is 3.01. The Morgan fingerprint density at radius 3 is 2.94 bits per heavy atom. The van der Waals surface area contributed by atoms with E-state index in [0.29, 0.717) is 11.3 Å². The van der Waals surface area contributed by atoms with Gasteiger partial charge in [0.25, 0.3) is 0 Å². The molecule has 1 N–H and O–H groups in total. The van der Waals surface area contributed by atoms with E-state index in [4.69, 9.17) is 0 Å². The van der Waals surface area contributed by atoms with Crippen molar-refractivity contribution in [3.05, 3.63) is 35.6 Å². The average Bonchev–Trinajstić information content (AvgIpc) is 2.44. The SMILES string of the molecule is CC1C(c2ccccc2F)NCCCS1=O. The first-order valence-electron chi connectivity index (χ1n) is 5.55. The Bertz CT molecular complexity index is 396. The molecule has 0 spiro atoms. The smallest absolute Gasteiger partial charge is 0.128 e.